The van der Waals surface area contributed by atoms with Crippen molar-refractivity contribution in [2.24, 2.45) is 5.73 Å². The van der Waals surface area contributed by atoms with Crippen LogP contribution in [-0.2, 0) is 10.0 Å². The highest BCUT2D eigenvalue weighted by molar-refractivity contribution is 7.92. The summed E-state index contributed by atoms with van der Waals surface area (Å²) in [6.45, 7) is 0. The highest BCUT2D eigenvalue weighted by atomic mass is 32.2. The first-order valence-corrected chi connectivity index (χ1v) is 7.21. The highest BCUT2D eigenvalue weighted by Gasteiger charge is 2.21. The molecule has 1 heterocycles. The maximum atomic E-state index is 12.3. The van der Waals surface area contributed by atoms with Gasteiger partial charge >= 0.3 is 0 Å². The first kappa shape index (κ1) is 14.5. The van der Waals surface area contributed by atoms with Crippen molar-refractivity contribution in [1.29, 1.82) is 5.26 Å². The van der Waals surface area contributed by atoms with Crippen LogP contribution in [0.3, 0.4) is 0 Å². The van der Waals surface area contributed by atoms with E-state index in [9.17, 15) is 13.2 Å². The number of benzene rings is 1. The Morgan fingerprint density at radius 3 is 2.62 bits per heavy atom. The van der Waals surface area contributed by atoms with Gasteiger partial charge in [0.05, 0.1) is 11.3 Å². The van der Waals surface area contributed by atoms with Gasteiger partial charge in [-0.1, -0.05) is 12.1 Å². The third-order valence-corrected chi connectivity index (χ3v) is 4.00. The molecular weight excluding hydrogens is 292 g/mol. The predicted molar refractivity (Wildman–Crippen MR) is 74.7 cm³/mol. The summed E-state index contributed by atoms with van der Waals surface area (Å²) in [5.41, 5.74) is 5.03. The molecule has 7 nitrogen and oxygen atoms in total. The maximum Gasteiger partial charge on any atom is 0.264 e. The number of nitrogens with two attached hydrogens (primary N) is 1. The molecule has 3 N–H and O–H groups in total. The molecule has 0 atom stereocenters. The van der Waals surface area contributed by atoms with Crippen molar-refractivity contribution in [1.82, 2.24) is 4.98 Å². The zero-order valence-corrected chi connectivity index (χ0v) is 11.5. The SMILES string of the molecule is N#Cc1ncccc1S(=O)(=O)Nc1ccccc1C(N)=O. The topological polar surface area (TPSA) is 126 Å². The number of nitrogens with zero attached hydrogens (tertiary/aromatic N) is 2. The fourth-order valence-electron chi connectivity index (χ4n) is 1.68. The Morgan fingerprint density at radius 2 is 1.95 bits per heavy atom. The second kappa shape index (κ2) is 5.60. The van der Waals surface area contributed by atoms with Gasteiger partial charge in [-0.2, -0.15) is 5.26 Å². The fourth-order valence-corrected chi connectivity index (χ4v) is 2.87. The van der Waals surface area contributed by atoms with Crippen LogP contribution in [-0.4, -0.2) is 19.3 Å². The van der Waals surface area contributed by atoms with E-state index in [0.29, 0.717) is 0 Å². The van der Waals surface area contributed by atoms with E-state index in [1.54, 1.807) is 18.2 Å². The lowest BCUT2D eigenvalue weighted by atomic mass is 10.2. The van der Waals surface area contributed by atoms with Crippen LogP contribution >= 0.6 is 0 Å². The van der Waals surface area contributed by atoms with Crippen molar-refractivity contribution in [2.75, 3.05) is 4.72 Å². The van der Waals surface area contributed by atoms with Crippen LogP contribution in [0.25, 0.3) is 0 Å². The molecule has 1 amide bonds. The summed E-state index contributed by atoms with van der Waals surface area (Å²) < 4.78 is 26.8. The Hall–Kier alpha value is -2.92. The van der Waals surface area contributed by atoms with Gasteiger partial charge < -0.3 is 5.73 Å². The van der Waals surface area contributed by atoms with Crippen molar-refractivity contribution >= 4 is 21.6 Å². The first-order chi connectivity index (χ1) is 9.95. The van der Waals surface area contributed by atoms with Crippen LogP contribution in [0.2, 0.25) is 0 Å². The van der Waals surface area contributed by atoms with Gasteiger partial charge in [-0.25, -0.2) is 13.4 Å². The standard InChI is InChI=1S/C13H10N4O3S/c14-8-11-12(6-3-7-16-11)21(19,20)17-10-5-2-1-4-9(10)13(15)18/h1-7,17H,(H2,15,18). The minimum Gasteiger partial charge on any atom is -0.366 e. The van der Waals surface area contributed by atoms with Gasteiger partial charge in [0.1, 0.15) is 11.0 Å². The van der Waals surface area contributed by atoms with Gasteiger partial charge in [0.25, 0.3) is 15.9 Å². The smallest absolute Gasteiger partial charge is 0.264 e. The Balaban J connectivity index is 2.49. The number of nitriles is 1. The number of hydrogen-bond donors (Lipinski definition) is 2. The van der Waals surface area contributed by atoms with Crippen molar-refractivity contribution < 1.29 is 13.2 Å². The molecule has 0 saturated heterocycles. The van der Waals surface area contributed by atoms with E-state index in [1.807, 2.05) is 0 Å². The molecule has 0 aliphatic heterocycles. The number of anilines is 1. The molecule has 0 bridgehead atoms. The average molecular weight is 302 g/mol. The molecule has 0 saturated carbocycles. The van der Waals surface area contributed by atoms with E-state index in [0.717, 1.165) is 0 Å². The van der Waals surface area contributed by atoms with Crippen molar-refractivity contribution in [2.45, 2.75) is 4.90 Å². The molecule has 2 aromatic rings. The normalized spacial score (nSPS) is 10.6. The molecule has 0 fully saturated rings. The molecule has 0 radical (unpaired) electrons. The number of pyridine rings is 1. The molecule has 0 unspecified atom stereocenters. The predicted octanol–water partition coefficient (Wildman–Crippen LogP) is 0.853. The average Bonchev–Trinajstić information content (AvgIpc) is 2.47. The molecule has 2 rings (SSSR count). The number of nitrogens with one attached hydrogen (secondary N) is 1. The quantitative estimate of drug-likeness (QED) is 0.865. The van der Waals surface area contributed by atoms with Gasteiger partial charge in [-0.3, -0.25) is 9.52 Å². The number of sulfonamides is 1. The molecule has 0 aliphatic carbocycles. The summed E-state index contributed by atoms with van der Waals surface area (Å²) in [6.07, 6.45) is 1.31. The lowest BCUT2D eigenvalue weighted by molar-refractivity contribution is 0.100. The van der Waals surface area contributed by atoms with Crippen LogP contribution in [0.5, 0.6) is 0 Å². The van der Waals surface area contributed by atoms with E-state index in [-0.39, 0.29) is 21.8 Å². The zero-order chi connectivity index (χ0) is 15.5. The lowest BCUT2D eigenvalue weighted by Crippen LogP contribution is -2.19. The van der Waals surface area contributed by atoms with Crippen molar-refractivity contribution in [3.05, 3.63) is 53.9 Å². The summed E-state index contributed by atoms with van der Waals surface area (Å²) in [7, 11) is -4.05. The van der Waals surface area contributed by atoms with Crippen LogP contribution in [0, 0.1) is 11.3 Å². The number of primary amides is 1. The molecule has 21 heavy (non-hydrogen) atoms. The minimum atomic E-state index is -4.05. The third-order valence-electron chi connectivity index (χ3n) is 2.60. The minimum absolute atomic E-state index is 0.0310. The van der Waals surface area contributed by atoms with Crippen LogP contribution in [0.4, 0.5) is 5.69 Å². The van der Waals surface area contributed by atoms with Crippen molar-refractivity contribution in [3.8, 4) is 6.07 Å². The van der Waals surface area contributed by atoms with E-state index in [4.69, 9.17) is 11.0 Å². The molecule has 106 valence electrons. The molecule has 1 aromatic heterocycles. The maximum absolute atomic E-state index is 12.3. The summed E-state index contributed by atoms with van der Waals surface area (Å²) in [4.78, 5) is 14.7. The first-order valence-electron chi connectivity index (χ1n) is 5.72. The Labute approximate surface area is 121 Å². The highest BCUT2D eigenvalue weighted by Crippen LogP contribution is 2.20. The Morgan fingerprint density at radius 1 is 1.24 bits per heavy atom. The molecule has 8 heteroatoms. The van der Waals surface area contributed by atoms with Gasteiger partial charge in [-0.15, -0.1) is 0 Å². The number of carbonyl (C=O) groups excluding carboxylic acids is 1. The van der Waals surface area contributed by atoms with Gasteiger partial charge in [0.2, 0.25) is 0 Å². The third kappa shape index (κ3) is 2.98. The van der Waals surface area contributed by atoms with Gasteiger partial charge in [-0.05, 0) is 24.3 Å². The largest absolute Gasteiger partial charge is 0.366 e. The summed E-state index contributed by atoms with van der Waals surface area (Å²) in [5, 5.41) is 8.91. The van der Waals surface area contributed by atoms with Crippen LogP contribution < -0.4 is 10.5 Å². The summed E-state index contributed by atoms with van der Waals surface area (Å²) >= 11 is 0. The van der Waals surface area contributed by atoms with E-state index in [2.05, 4.69) is 9.71 Å². The number of aromatic nitrogens is 1. The summed E-state index contributed by atoms with van der Waals surface area (Å²) in [6, 6.07) is 10.3. The zero-order valence-electron chi connectivity index (χ0n) is 10.6. The molecular formula is C13H10N4O3S. The summed E-state index contributed by atoms with van der Waals surface area (Å²) in [5.74, 6) is -0.764. The van der Waals surface area contributed by atoms with Crippen molar-refractivity contribution in [3.63, 3.8) is 0 Å². The van der Waals surface area contributed by atoms with Gasteiger partial charge in [0.15, 0.2) is 5.69 Å². The van der Waals surface area contributed by atoms with Crippen LogP contribution in [0.1, 0.15) is 16.1 Å². The lowest BCUT2D eigenvalue weighted by Gasteiger charge is -2.11. The molecule has 1 aromatic carbocycles. The van der Waals surface area contributed by atoms with E-state index >= 15 is 0 Å². The van der Waals surface area contributed by atoms with E-state index < -0.39 is 15.9 Å². The molecule has 0 spiro atoms. The number of rotatable bonds is 4. The monoisotopic (exact) mass is 302 g/mol. The Bertz CT molecular complexity index is 840. The number of carbonyl (C=O) groups is 1. The number of hydrogen-bond acceptors (Lipinski definition) is 5. The fraction of sp³-hybridized carbons (Fsp3) is 0. The Kier molecular flexibility index (Phi) is 3.86. The second-order valence-corrected chi connectivity index (χ2v) is 5.63. The van der Waals surface area contributed by atoms with Gasteiger partial charge in [0, 0.05) is 6.20 Å². The van der Waals surface area contributed by atoms with Crippen LogP contribution in [0.15, 0.2) is 47.5 Å². The van der Waals surface area contributed by atoms with E-state index in [1.165, 1.54) is 30.5 Å². The number of para-hydroxylation sites is 1. The number of amides is 1. The molecule has 0 aliphatic rings. The second-order valence-electron chi connectivity index (χ2n) is 3.98.